The second-order valence-electron chi connectivity index (χ2n) is 7.26. The third kappa shape index (κ3) is 3.30. The number of aromatic nitrogens is 4. The first-order valence-electron chi connectivity index (χ1n) is 9.95. The van der Waals surface area contributed by atoms with Crippen molar-refractivity contribution in [3.8, 4) is 5.69 Å². The van der Waals surface area contributed by atoms with E-state index < -0.39 is 0 Å². The number of ether oxygens (including phenoxy) is 2. The van der Waals surface area contributed by atoms with E-state index in [9.17, 15) is 9.59 Å². The van der Waals surface area contributed by atoms with Crippen molar-refractivity contribution in [2.24, 2.45) is 0 Å². The van der Waals surface area contributed by atoms with Crippen molar-refractivity contribution in [3.05, 3.63) is 47.5 Å². The van der Waals surface area contributed by atoms with Crippen LogP contribution in [-0.2, 0) is 14.3 Å². The Balaban J connectivity index is 1.40. The average Bonchev–Trinajstić information content (AvgIpc) is 3.53. The summed E-state index contributed by atoms with van der Waals surface area (Å²) < 4.78 is 13.6. The van der Waals surface area contributed by atoms with Gasteiger partial charge in [-0.05, 0) is 31.0 Å². The highest BCUT2D eigenvalue weighted by atomic mass is 16.7. The molecule has 30 heavy (non-hydrogen) atoms. The quantitative estimate of drug-likeness (QED) is 0.574. The number of imidazole rings is 2. The molecule has 4 heterocycles. The SMILES string of the molecule is O=C1CCCN1CCCNc1cn(-c2ccc3nc[nH]c3c2)c(=O)n1C1=COCO1. The summed E-state index contributed by atoms with van der Waals surface area (Å²) in [6.45, 7) is 2.22. The number of anilines is 1. The minimum Gasteiger partial charge on any atom is -0.459 e. The molecule has 2 aliphatic rings. The number of H-pyrrole nitrogens is 1. The number of carbonyl (C=O) groups excluding carboxylic acids is 1. The summed E-state index contributed by atoms with van der Waals surface area (Å²) in [7, 11) is 0. The van der Waals surface area contributed by atoms with Gasteiger partial charge in [0.05, 0.1) is 29.2 Å². The van der Waals surface area contributed by atoms with Crippen molar-refractivity contribution in [2.75, 3.05) is 31.7 Å². The van der Waals surface area contributed by atoms with Gasteiger partial charge in [-0.3, -0.25) is 9.36 Å². The van der Waals surface area contributed by atoms with Crippen LogP contribution in [-0.4, -0.2) is 56.3 Å². The molecule has 10 heteroatoms. The summed E-state index contributed by atoms with van der Waals surface area (Å²) in [6, 6.07) is 5.58. The third-order valence-corrected chi connectivity index (χ3v) is 5.33. The maximum Gasteiger partial charge on any atom is 0.341 e. The van der Waals surface area contributed by atoms with Gasteiger partial charge in [-0.15, -0.1) is 0 Å². The van der Waals surface area contributed by atoms with Gasteiger partial charge < -0.3 is 24.7 Å². The zero-order chi connectivity index (χ0) is 20.5. The van der Waals surface area contributed by atoms with Crippen LogP contribution in [0.3, 0.4) is 0 Å². The van der Waals surface area contributed by atoms with Crippen LogP contribution < -0.4 is 11.0 Å². The molecule has 1 amide bonds. The van der Waals surface area contributed by atoms with Crippen LogP contribution in [0.5, 0.6) is 0 Å². The predicted octanol–water partition coefficient (Wildman–Crippen LogP) is 1.70. The second kappa shape index (κ2) is 7.62. The van der Waals surface area contributed by atoms with Crippen LogP contribution in [0.1, 0.15) is 19.3 Å². The number of carbonyl (C=O) groups is 1. The van der Waals surface area contributed by atoms with Gasteiger partial charge in [-0.1, -0.05) is 0 Å². The number of fused-ring (bicyclic) bond motifs is 1. The minimum absolute atomic E-state index is 0.0730. The van der Waals surface area contributed by atoms with E-state index in [2.05, 4.69) is 15.3 Å². The molecule has 0 unspecified atom stereocenters. The number of rotatable bonds is 7. The highest BCUT2D eigenvalue weighted by Crippen LogP contribution is 2.21. The molecule has 1 aromatic carbocycles. The Morgan fingerprint density at radius 2 is 2.20 bits per heavy atom. The summed E-state index contributed by atoms with van der Waals surface area (Å²) in [5.41, 5.74) is 2.11. The van der Waals surface area contributed by atoms with E-state index in [4.69, 9.17) is 9.47 Å². The lowest BCUT2D eigenvalue weighted by atomic mass is 10.3. The van der Waals surface area contributed by atoms with Crippen molar-refractivity contribution in [3.63, 3.8) is 0 Å². The van der Waals surface area contributed by atoms with Crippen molar-refractivity contribution < 1.29 is 14.3 Å². The second-order valence-corrected chi connectivity index (χ2v) is 7.26. The van der Waals surface area contributed by atoms with E-state index in [1.165, 1.54) is 10.8 Å². The minimum atomic E-state index is -0.275. The fourth-order valence-corrected chi connectivity index (χ4v) is 3.82. The fraction of sp³-hybridized carbons (Fsp3) is 0.350. The van der Waals surface area contributed by atoms with E-state index in [1.807, 2.05) is 23.1 Å². The normalized spacial score (nSPS) is 16.1. The number of amides is 1. The zero-order valence-corrected chi connectivity index (χ0v) is 16.3. The standard InChI is InChI=1S/C20H22N6O4/c27-18-3-1-7-24(18)8-2-6-21-17-10-25(20(28)26(17)19-11-29-13-30-19)14-4-5-15-16(9-14)23-12-22-15/h4-5,9-12,21H,1-3,6-8,13H2,(H,22,23). The molecule has 0 atom stereocenters. The summed E-state index contributed by atoms with van der Waals surface area (Å²) in [5.74, 6) is 1.14. The smallest absolute Gasteiger partial charge is 0.341 e. The number of likely N-dealkylation sites (tertiary alicyclic amines) is 1. The van der Waals surface area contributed by atoms with Gasteiger partial charge in [0, 0.05) is 26.1 Å². The number of nitrogens with zero attached hydrogens (tertiary/aromatic N) is 4. The molecule has 1 saturated heterocycles. The molecule has 2 aromatic heterocycles. The van der Waals surface area contributed by atoms with Gasteiger partial charge in [-0.2, -0.15) is 0 Å². The fourth-order valence-electron chi connectivity index (χ4n) is 3.82. The highest BCUT2D eigenvalue weighted by molar-refractivity contribution is 5.78. The van der Waals surface area contributed by atoms with E-state index >= 15 is 0 Å². The first-order chi connectivity index (χ1) is 14.7. The topological polar surface area (TPSA) is 106 Å². The van der Waals surface area contributed by atoms with Crippen LogP contribution in [0.4, 0.5) is 5.82 Å². The number of nitrogens with one attached hydrogen (secondary N) is 2. The lowest BCUT2D eigenvalue weighted by molar-refractivity contribution is -0.127. The van der Waals surface area contributed by atoms with Gasteiger partial charge in [0.1, 0.15) is 12.1 Å². The molecule has 1 fully saturated rings. The summed E-state index contributed by atoms with van der Waals surface area (Å²) in [4.78, 5) is 34.1. The first-order valence-corrected chi connectivity index (χ1v) is 9.95. The van der Waals surface area contributed by atoms with Crippen LogP contribution in [0.2, 0.25) is 0 Å². The molecule has 2 N–H and O–H groups in total. The number of hydrogen-bond donors (Lipinski definition) is 2. The van der Waals surface area contributed by atoms with Gasteiger partial charge in [0.2, 0.25) is 18.6 Å². The highest BCUT2D eigenvalue weighted by Gasteiger charge is 2.21. The summed E-state index contributed by atoms with van der Waals surface area (Å²) >= 11 is 0. The molecule has 0 radical (unpaired) electrons. The molecule has 0 aliphatic carbocycles. The molecule has 2 aliphatic heterocycles. The summed E-state index contributed by atoms with van der Waals surface area (Å²) in [5, 5.41) is 3.30. The van der Waals surface area contributed by atoms with Crippen LogP contribution >= 0.6 is 0 Å². The van der Waals surface area contributed by atoms with Crippen LogP contribution in [0, 0.1) is 0 Å². The van der Waals surface area contributed by atoms with Crippen molar-refractivity contribution in [2.45, 2.75) is 19.3 Å². The molecule has 3 aromatic rings. The Kier molecular flexibility index (Phi) is 4.66. The zero-order valence-electron chi connectivity index (χ0n) is 16.3. The van der Waals surface area contributed by atoms with Gasteiger partial charge >= 0.3 is 5.69 Å². The number of hydrogen-bond acceptors (Lipinski definition) is 6. The van der Waals surface area contributed by atoms with Gasteiger partial charge in [-0.25, -0.2) is 14.3 Å². The van der Waals surface area contributed by atoms with Gasteiger partial charge in [0.15, 0.2) is 0 Å². The number of aromatic amines is 1. The van der Waals surface area contributed by atoms with Crippen molar-refractivity contribution in [1.29, 1.82) is 0 Å². The van der Waals surface area contributed by atoms with E-state index in [1.54, 1.807) is 17.1 Å². The number of benzene rings is 1. The molecular formula is C20H22N6O4. The Labute approximate surface area is 171 Å². The lowest BCUT2D eigenvalue weighted by Gasteiger charge is -2.15. The maximum absolute atomic E-state index is 13.2. The van der Waals surface area contributed by atoms with Gasteiger partial charge in [0.25, 0.3) is 0 Å². The molecule has 10 nitrogen and oxygen atoms in total. The maximum atomic E-state index is 13.2. The molecule has 0 saturated carbocycles. The summed E-state index contributed by atoms with van der Waals surface area (Å²) in [6.07, 6.45) is 7.14. The molecule has 0 spiro atoms. The Morgan fingerprint density at radius 1 is 1.27 bits per heavy atom. The Bertz CT molecular complexity index is 1170. The van der Waals surface area contributed by atoms with E-state index in [0.29, 0.717) is 36.9 Å². The van der Waals surface area contributed by atoms with E-state index in [-0.39, 0.29) is 18.4 Å². The Hall–Kier alpha value is -3.69. The van der Waals surface area contributed by atoms with Crippen molar-refractivity contribution in [1.82, 2.24) is 24.0 Å². The predicted molar refractivity (Wildman–Crippen MR) is 110 cm³/mol. The lowest BCUT2D eigenvalue weighted by Crippen LogP contribution is -2.27. The molecule has 0 bridgehead atoms. The largest absolute Gasteiger partial charge is 0.459 e. The van der Waals surface area contributed by atoms with Crippen LogP contribution in [0.15, 0.2) is 41.8 Å². The van der Waals surface area contributed by atoms with E-state index in [0.717, 1.165) is 30.4 Å². The monoisotopic (exact) mass is 410 g/mol. The molecule has 156 valence electrons. The average molecular weight is 410 g/mol. The Morgan fingerprint density at radius 3 is 3.00 bits per heavy atom. The molecule has 5 rings (SSSR count). The molecular weight excluding hydrogens is 388 g/mol. The van der Waals surface area contributed by atoms with Crippen molar-refractivity contribution >= 4 is 28.6 Å². The van der Waals surface area contributed by atoms with Crippen LogP contribution in [0.25, 0.3) is 22.6 Å². The third-order valence-electron chi connectivity index (χ3n) is 5.33. The first kappa shape index (κ1) is 18.3.